The summed E-state index contributed by atoms with van der Waals surface area (Å²) in [5, 5.41) is 11.2. The summed E-state index contributed by atoms with van der Waals surface area (Å²) in [6.07, 6.45) is 0. The van der Waals surface area contributed by atoms with Gasteiger partial charge in [0.05, 0.1) is 15.0 Å². The molecule has 108 valence electrons. The maximum atomic E-state index is 12.1. The molecule has 0 aliphatic carbocycles. The van der Waals surface area contributed by atoms with Crippen molar-refractivity contribution in [1.29, 1.82) is 0 Å². The number of carbonyl (C=O) groups is 1. The van der Waals surface area contributed by atoms with Crippen molar-refractivity contribution in [2.75, 3.05) is 0 Å². The molecule has 0 atom stereocenters. The second-order valence-corrected chi connectivity index (χ2v) is 5.04. The quantitative estimate of drug-likeness (QED) is 0.362. The Balaban J connectivity index is 2.38. The Morgan fingerprint density at radius 3 is 2.33 bits per heavy atom. The van der Waals surface area contributed by atoms with Crippen molar-refractivity contribution < 1.29 is 14.5 Å². The molecule has 0 amide bonds. The van der Waals surface area contributed by atoms with Crippen LogP contribution in [-0.2, 0) is 0 Å². The fourth-order valence-electron chi connectivity index (χ4n) is 1.74. The van der Waals surface area contributed by atoms with Gasteiger partial charge in [-0.1, -0.05) is 35.3 Å². The van der Waals surface area contributed by atoms with Gasteiger partial charge in [0, 0.05) is 6.07 Å². The summed E-state index contributed by atoms with van der Waals surface area (Å²) in [5.74, 6) is -0.915. The molecular weight excluding hydrogens is 317 g/mol. The first kappa shape index (κ1) is 15.3. The summed E-state index contributed by atoms with van der Waals surface area (Å²) in [7, 11) is 0. The molecule has 2 aromatic carbocycles. The van der Waals surface area contributed by atoms with Crippen molar-refractivity contribution >= 4 is 34.9 Å². The second-order valence-electron chi connectivity index (χ2n) is 4.22. The molecule has 0 saturated heterocycles. The van der Waals surface area contributed by atoms with Gasteiger partial charge in [-0.15, -0.1) is 0 Å². The molecule has 2 rings (SSSR count). The number of nitro groups is 1. The number of nitro benzene ring substituents is 1. The van der Waals surface area contributed by atoms with Crippen molar-refractivity contribution in [3.63, 3.8) is 0 Å². The Hall–Kier alpha value is -2.11. The predicted molar refractivity (Wildman–Crippen MR) is 79.3 cm³/mol. The van der Waals surface area contributed by atoms with Crippen LogP contribution in [0, 0.1) is 17.0 Å². The molecule has 7 heteroatoms. The van der Waals surface area contributed by atoms with Crippen molar-refractivity contribution in [2.45, 2.75) is 6.92 Å². The first-order chi connectivity index (χ1) is 9.90. The Bertz CT molecular complexity index is 708. The van der Waals surface area contributed by atoms with Crippen molar-refractivity contribution in [1.82, 2.24) is 0 Å². The second kappa shape index (κ2) is 6.11. The molecule has 0 unspecified atom stereocenters. The number of benzene rings is 2. The summed E-state index contributed by atoms with van der Waals surface area (Å²) in [6.45, 7) is 1.78. The average Bonchev–Trinajstić information content (AvgIpc) is 2.42. The zero-order valence-corrected chi connectivity index (χ0v) is 12.3. The summed E-state index contributed by atoms with van der Waals surface area (Å²) in [6, 6.07) is 8.64. The Kier molecular flexibility index (Phi) is 4.45. The van der Waals surface area contributed by atoms with E-state index in [2.05, 4.69) is 0 Å². The molecule has 0 N–H and O–H groups in total. The van der Waals surface area contributed by atoms with E-state index in [-0.39, 0.29) is 27.0 Å². The SMILES string of the molecule is Cc1cc(Cl)c(OC(=O)c2ccccc2[N+](=O)[O-])c(Cl)c1. The number of hydrogen-bond donors (Lipinski definition) is 0. The molecule has 0 bridgehead atoms. The number of esters is 1. The van der Waals surface area contributed by atoms with Crippen molar-refractivity contribution in [3.05, 3.63) is 67.7 Å². The fraction of sp³-hybridized carbons (Fsp3) is 0.0714. The third-order valence-corrected chi connectivity index (χ3v) is 3.22. The Morgan fingerprint density at radius 1 is 1.19 bits per heavy atom. The monoisotopic (exact) mass is 325 g/mol. The van der Waals surface area contributed by atoms with Crippen LogP contribution in [0.3, 0.4) is 0 Å². The van der Waals surface area contributed by atoms with Gasteiger partial charge in [0.25, 0.3) is 5.69 Å². The third kappa shape index (κ3) is 3.32. The highest BCUT2D eigenvalue weighted by atomic mass is 35.5. The van der Waals surface area contributed by atoms with Gasteiger partial charge in [-0.25, -0.2) is 4.79 Å². The largest absolute Gasteiger partial charge is 0.420 e. The van der Waals surface area contributed by atoms with Gasteiger partial charge in [-0.2, -0.15) is 0 Å². The first-order valence-electron chi connectivity index (χ1n) is 5.81. The summed E-state index contributed by atoms with van der Waals surface area (Å²) >= 11 is 11.9. The number of aryl methyl sites for hydroxylation is 1. The Labute approximate surface area is 130 Å². The van der Waals surface area contributed by atoms with Crippen molar-refractivity contribution in [3.8, 4) is 5.75 Å². The normalized spacial score (nSPS) is 10.2. The smallest absolute Gasteiger partial charge is 0.350 e. The molecule has 0 fully saturated rings. The molecule has 21 heavy (non-hydrogen) atoms. The molecule has 0 heterocycles. The molecule has 0 aliphatic rings. The van der Waals surface area contributed by atoms with Crippen LogP contribution in [0.15, 0.2) is 36.4 Å². The van der Waals surface area contributed by atoms with Gasteiger partial charge in [-0.3, -0.25) is 10.1 Å². The van der Waals surface area contributed by atoms with Crippen LogP contribution in [0.4, 0.5) is 5.69 Å². The number of hydrogen-bond acceptors (Lipinski definition) is 4. The lowest BCUT2D eigenvalue weighted by molar-refractivity contribution is -0.385. The highest BCUT2D eigenvalue weighted by molar-refractivity contribution is 6.37. The number of rotatable bonds is 3. The predicted octanol–water partition coefficient (Wildman–Crippen LogP) is 4.43. The molecule has 0 radical (unpaired) electrons. The van der Waals surface area contributed by atoms with Gasteiger partial charge in [0.15, 0.2) is 5.75 Å². The number of nitrogens with zero attached hydrogens (tertiary/aromatic N) is 1. The zero-order chi connectivity index (χ0) is 15.6. The number of carbonyl (C=O) groups excluding carboxylic acids is 1. The number of para-hydroxylation sites is 1. The minimum absolute atomic E-state index is 0.0212. The highest BCUT2D eigenvalue weighted by Gasteiger charge is 2.22. The lowest BCUT2D eigenvalue weighted by Crippen LogP contribution is -2.11. The molecule has 2 aromatic rings. The summed E-state index contributed by atoms with van der Waals surface area (Å²) in [5.41, 5.74) is 0.285. The topological polar surface area (TPSA) is 69.4 Å². The van der Waals surface area contributed by atoms with E-state index in [0.717, 1.165) is 5.56 Å². The maximum Gasteiger partial charge on any atom is 0.350 e. The minimum atomic E-state index is -0.894. The lowest BCUT2D eigenvalue weighted by Gasteiger charge is -2.09. The minimum Gasteiger partial charge on any atom is -0.420 e. The van der Waals surface area contributed by atoms with E-state index >= 15 is 0 Å². The van der Waals surface area contributed by atoms with Crippen LogP contribution in [0.2, 0.25) is 10.0 Å². The number of halogens is 2. The van der Waals surface area contributed by atoms with Crippen LogP contribution in [0.1, 0.15) is 15.9 Å². The fourth-order valence-corrected chi connectivity index (χ4v) is 2.41. The molecule has 0 spiro atoms. The number of ether oxygens (including phenoxy) is 1. The molecule has 0 saturated carbocycles. The van der Waals surface area contributed by atoms with E-state index in [9.17, 15) is 14.9 Å². The highest BCUT2D eigenvalue weighted by Crippen LogP contribution is 2.35. The van der Waals surface area contributed by atoms with E-state index < -0.39 is 10.9 Å². The van der Waals surface area contributed by atoms with Gasteiger partial charge in [-0.05, 0) is 30.7 Å². The molecular formula is C14H9Cl2NO4. The van der Waals surface area contributed by atoms with Crippen LogP contribution in [-0.4, -0.2) is 10.9 Å². The van der Waals surface area contributed by atoms with Crippen LogP contribution in [0.5, 0.6) is 5.75 Å². The van der Waals surface area contributed by atoms with Crippen LogP contribution < -0.4 is 4.74 Å². The summed E-state index contributed by atoms with van der Waals surface area (Å²) in [4.78, 5) is 22.3. The maximum absolute atomic E-state index is 12.1. The van der Waals surface area contributed by atoms with Gasteiger partial charge < -0.3 is 4.74 Å². The average molecular weight is 326 g/mol. The summed E-state index contributed by atoms with van der Waals surface area (Å²) < 4.78 is 5.10. The van der Waals surface area contributed by atoms with E-state index in [0.29, 0.717) is 0 Å². The lowest BCUT2D eigenvalue weighted by atomic mass is 10.2. The molecule has 0 aromatic heterocycles. The zero-order valence-electron chi connectivity index (χ0n) is 10.8. The standard InChI is InChI=1S/C14H9Cl2NO4/c1-8-6-10(15)13(11(16)7-8)21-14(18)9-4-2-3-5-12(9)17(19)20/h2-7H,1H3. The van der Waals surface area contributed by atoms with Gasteiger partial charge in [0.1, 0.15) is 5.56 Å². The molecule has 5 nitrogen and oxygen atoms in total. The first-order valence-corrected chi connectivity index (χ1v) is 6.57. The van der Waals surface area contributed by atoms with Gasteiger partial charge in [0.2, 0.25) is 0 Å². The third-order valence-electron chi connectivity index (χ3n) is 2.66. The van der Waals surface area contributed by atoms with E-state index in [1.54, 1.807) is 19.1 Å². The Morgan fingerprint density at radius 2 is 1.76 bits per heavy atom. The molecule has 0 aliphatic heterocycles. The van der Waals surface area contributed by atoms with Gasteiger partial charge >= 0.3 is 5.97 Å². The van der Waals surface area contributed by atoms with Crippen LogP contribution in [0.25, 0.3) is 0 Å². The van der Waals surface area contributed by atoms with E-state index in [4.69, 9.17) is 27.9 Å². The van der Waals surface area contributed by atoms with Crippen LogP contribution >= 0.6 is 23.2 Å². The van der Waals surface area contributed by atoms with Crippen molar-refractivity contribution in [2.24, 2.45) is 0 Å². The van der Waals surface area contributed by atoms with E-state index in [1.165, 1.54) is 24.3 Å². The van der Waals surface area contributed by atoms with E-state index in [1.807, 2.05) is 0 Å².